The number of imidazole rings is 1. The van der Waals surface area contributed by atoms with Crippen LogP contribution in [0.4, 0.5) is 0 Å². The van der Waals surface area contributed by atoms with Crippen molar-refractivity contribution < 1.29 is 0 Å². The van der Waals surface area contributed by atoms with E-state index in [0.29, 0.717) is 12.8 Å². The third-order valence-electron chi connectivity index (χ3n) is 3.15. The molecular formula is C15H15N3. The van der Waals surface area contributed by atoms with Gasteiger partial charge in [-0.1, -0.05) is 12.2 Å². The quantitative estimate of drug-likeness (QED) is 0.749. The van der Waals surface area contributed by atoms with Crippen molar-refractivity contribution in [1.82, 2.24) is 9.38 Å². The monoisotopic (exact) mass is 237 g/mol. The number of nitriles is 1. The van der Waals surface area contributed by atoms with Gasteiger partial charge in [-0.15, -0.1) is 13.2 Å². The zero-order valence-electron chi connectivity index (χ0n) is 10.2. The number of nitrogens with zero attached hydrogens (tertiary/aromatic N) is 3. The largest absolute Gasteiger partial charge is 0.307 e. The van der Waals surface area contributed by atoms with E-state index in [1.165, 1.54) is 0 Å². The van der Waals surface area contributed by atoms with Gasteiger partial charge in [0.1, 0.15) is 5.65 Å². The molecule has 0 N–H and O–H groups in total. The Labute approximate surface area is 107 Å². The summed E-state index contributed by atoms with van der Waals surface area (Å²) in [6, 6.07) is 6.33. The van der Waals surface area contributed by atoms with Gasteiger partial charge in [0.25, 0.3) is 0 Å². The van der Waals surface area contributed by atoms with Crippen LogP contribution in [0.15, 0.2) is 56.0 Å². The molecule has 2 heterocycles. The zero-order chi connectivity index (χ0) is 13.0. The molecule has 2 rings (SSSR count). The number of aromatic nitrogens is 2. The summed E-state index contributed by atoms with van der Waals surface area (Å²) in [6.07, 6.45) is 10.3. The van der Waals surface area contributed by atoms with Gasteiger partial charge in [0.2, 0.25) is 0 Å². The van der Waals surface area contributed by atoms with Gasteiger partial charge < -0.3 is 4.40 Å². The first-order valence-electron chi connectivity index (χ1n) is 5.82. The highest BCUT2D eigenvalue weighted by Crippen LogP contribution is 2.32. The lowest BCUT2D eigenvalue weighted by Crippen LogP contribution is -2.22. The van der Waals surface area contributed by atoms with E-state index in [1.807, 2.05) is 28.9 Å². The van der Waals surface area contributed by atoms with Crippen LogP contribution in [-0.2, 0) is 5.41 Å². The number of fused-ring (bicyclic) bond motifs is 1. The Kier molecular flexibility index (Phi) is 3.29. The number of hydrogen-bond acceptors (Lipinski definition) is 2. The van der Waals surface area contributed by atoms with E-state index in [4.69, 9.17) is 0 Å². The molecule has 90 valence electrons. The van der Waals surface area contributed by atoms with Crippen molar-refractivity contribution in [3.63, 3.8) is 0 Å². The fourth-order valence-corrected chi connectivity index (χ4v) is 2.18. The second-order valence-electron chi connectivity index (χ2n) is 4.29. The van der Waals surface area contributed by atoms with Crippen molar-refractivity contribution in [1.29, 1.82) is 5.26 Å². The summed E-state index contributed by atoms with van der Waals surface area (Å²) in [5, 5.41) is 9.54. The van der Waals surface area contributed by atoms with E-state index in [2.05, 4.69) is 24.2 Å². The van der Waals surface area contributed by atoms with Crippen LogP contribution < -0.4 is 0 Å². The molecule has 2 aromatic heterocycles. The van der Waals surface area contributed by atoms with Crippen molar-refractivity contribution in [3.05, 3.63) is 61.6 Å². The van der Waals surface area contributed by atoms with E-state index in [9.17, 15) is 5.26 Å². The topological polar surface area (TPSA) is 41.1 Å². The minimum Gasteiger partial charge on any atom is -0.307 e. The van der Waals surface area contributed by atoms with Crippen LogP contribution in [0.3, 0.4) is 0 Å². The summed E-state index contributed by atoms with van der Waals surface area (Å²) in [5.41, 5.74) is 1.22. The van der Waals surface area contributed by atoms with Gasteiger partial charge in [-0.3, -0.25) is 0 Å². The number of pyridine rings is 1. The van der Waals surface area contributed by atoms with E-state index in [-0.39, 0.29) is 0 Å². The molecule has 0 aliphatic heterocycles. The molecule has 0 saturated heterocycles. The average molecular weight is 237 g/mol. The van der Waals surface area contributed by atoms with Crippen LogP contribution in [0.5, 0.6) is 0 Å². The van der Waals surface area contributed by atoms with Crippen molar-refractivity contribution in [2.45, 2.75) is 18.3 Å². The lowest BCUT2D eigenvalue weighted by Gasteiger charge is -2.24. The van der Waals surface area contributed by atoms with Gasteiger partial charge in [-0.25, -0.2) is 4.98 Å². The van der Waals surface area contributed by atoms with Crippen LogP contribution in [0.1, 0.15) is 18.4 Å². The third-order valence-corrected chi connectivity index (χ3v) is 3.15. The van der Waals surface area contributed by atoms with Crippen molar-refractivity contribution in [3.8, 4) is 6.07 Å². The Bertz CT molecular complexity index is 606. The van der Waals surface area contributed by atoms with Crippen LogP contribution >= 0.6 is 0 Å². The first-order chi connectivity index (χ1) is 8.75. The van der Waals surface area contributed by atoms with Gasteiger partial charge in [-0.2, -0.15) is 5.26 Å². The number of hydrogen-bond donors (Lipinski definition) is 0. The molecule has 0 spiro atoms. The molecule has 0 bridgehead atoms. The second-order valence-corrected chi connectivity index (χ2v) is 4.29. The molecule has 0 unspecified atom stereocenters. The normalized spacial score (nSPS) is 11.1. The van der Waals surface area contributed by atoms with E-state index >= 15 is 0 Å². The Morgan fingerprint density at radius 3 is 2.67 bits per heavy atom. The second kappa shape index (κ2) is 4.89. The summed E-state index contributed by atoms with van der Waals surface area (Å²) >= 11 is 0. The molecular weight excluding hydrogens is 222 g/mol. The molecule has 3 nitrogen and oxygen atoms in total. The molecule has 0 fully saturated rings. The average Bonchev–Trinajstić information content (AvgIpc) is 2.85. The van der Waals surface area contributed by atoms with Gasteiger partial charge in [-0.05, 0) is 30.5 Å². The molecule has 0 radical (unpaired) electrons. The van der Waals surface area contributed by atoms with Crippen molar-refractivity contribution in [2.24, 2.45) is 0 Å². The minimum absolute atomic E-state index is 0.586. The summed E-state index contributed by atoms with van der Waals surface area (Å²) in [4.78, 5) is 4.25. The highest BCUT2D eigenvalue weighted by molar-refractivity contribution is 5.46. The van der Waals surface area contributed by atoms with Crippen LogP contribution in [0.25, 0.3) is 5.65 Å². The zero-order valence-corrected chi connectivity index (χ0v) is 10.2. The summed E-state index contributed by atoms with van der Waals surface area (Å²) in [5.74, 6) is 0. The van der Waals surface area contributed by atoms with Gasteiger partial charge >= 0.3 is 0 Å². The van der Waals surface area contributed by atoms with Gasteiger partial charge in [0, 0.05) is 18.6 Å². The fourth-order valence-electron chi connectivity index (χ4n) is 2.18. The Hall–Kier alpha value is -2.34. The smallest absolute Gasteiger partial charge is 0.136 e. The maximum atomic E-state index is 9.54. The highest BCUT2D eigenvalue weighted by atomic mass is 15.0. The first kappa shape index (κ1) is 12.1. The molecule has 2 aromatic rings. The predicted octanol–water partition coefficient (Wildman–Crippen LogP) is 3.25. The lowest BCUT2D eigenvalue weighted by atomic mass is 9.76. The van der Waals surface area contributed by atoms with Crippen LogP contribution in [0.2, 0.25) is 0 Å². The molecule has 0 saturated carbocycles. The van der Waals surface area contributed by atoms with Crippen LogP contribution in [-0.4, -0.2) is 9.38 Å². The third kappa shape index (κ3) is 1.93. The summed E-state index contributed by atoms with van der Waals surface area (Å²) in [6.45, 7) is 7.49. The molecule has 18 heavy (non-hydrogen) atoms. The highest BCUT2D eigenvalue weighted by Gasteiger charge is 2.30. The Morgan fingerprint density at radius 2 is 2.06 bits per heavy atom. The van der Waals surface area contributed by atoms with E-state index < -0.39 is 5.41 Å². The van der Waals surface area contributed by atoms with Gasteiger partial charge in [0.05, 0.1) is 11.5 Å². The Morgan fingerprint density at radius 1 is 1.33 bits per heavy atom. The van der Waals surface area contributed by atoms with Crippen molar-refractivity contribution >= 4 is 5.65 Å². The maximum absolute atomic E-state index is 9.54. The molecule has 0 aliphatic rings. The first-order valence-corrected chi connectivity index (χ1v) is 5.82. The molecule has 0 amide bonds. The Balaban J connectivity index is 2.55. The maximum Gasteiger partial charge on any atom is 0.136 e. The lowest BCUT2D eigenvalue weighted by molar-refractivity contribution is 0.565. The minimum atomic E-state index is -0.586. The van der Waals surface area contributed by atoms with E-state index in [1.54, 1.807) is 18.3 Å². The standard InChI is InChI=1S/C15H15N3/c1-3-6-15(12-16,7-4-2)13-5-9-18-10-8-17-14(18)11-13/h3-5,8-11H,1-2,6-7H2. The van der Waals surface area contributed by atoms with Crippen molar-refractivity contribution in [2.75, 3.05) is 0 Å². The summed E-state index contributed by atoms with van der Waals surface area (Å²) < 4.78 is 1.92. The summed E-state index contributed by atoms with van der Waals surface area (Å²) in [7, 11) is 0. The number of rotatable bonds is 5. The molecule has 0 aliphatic carbocycles. The van der Waals surface area contributed by atoms with Crippen LogP contribution in [0, 0.1) is 11.3 Å². The molecule has 3 heteroatoms. The van der Waals surface area contributed by atoms with Gasteiger partial charge in [0.15, 0.2) is 0 Å². The SMILES string of the molecule is C=CCC(C#N)(CC=C)c1ccn2ccnc2c1. The number of allylic oxidation sites excluding steroid dienone is 2. The molecule has 0 atom stereocenters. The predicted molar refractivity (Wildman–Crippen MR) is 72.1 cm³/mol. The molecule has 0 aromatic carbocycles. The fraction of sp³-hybridized carbons (Fsp3) is 0.200. The van der Waals surface area contributed by atoms with E-state index in [0.717, 1.165) is 11.2 Å².